The molecule has 0 aliphatic carbocycles. The lowest BCUT2D eigenvalue weighted by Gasteiger charge is -2.15. The fourth-order valence-corrected chi connectivity index (χ4v) is 1.61. The van der Waals surface area contributed by atoms with Crippen LogP contribution in [0.4, 0.5) is 0 Å². The fraction of sp³-hybridized carbons (Fsp3) is 0.385. The Labute approximate surface area is 122 Å². The molecule has 1 amide bonds. The normalized spacial score (nSPS) is 12.1. The maximum atomic E-state index is 11.8. The Hall–Kier alpha value is -1.26. The van der Waals surface area contributed by atoms with E-state index >= 15 is 0 Å². The number of carbonyl (C=O) groups is 2. The molecule has 1 N–H and O–H groups in total. The SMILES string of the molecule is CC(C)NC(=O)[C@H](C)OC(=O)c1ccc(Cl)c(Cl)c1. The largest absolute Gasteiger partial charge is 0.449 e. The summed E-state index contributed by atoms with van der Waals surface area (Å²) in [7, 11) is 0. The van der Waals surface area contributed by atoms with Crippen LogP contribution in [0, 0.1) is 0 Å². The molecule has 19 heavy (non-hydrogen) atoms. The van der Waals surface area contributed by atoms with E-state index < -0.39 is 12.1 Å². The molecule has 104 valence electrons. The first-order valence-electron chi connectivity index (χ1n) is 5.77. The number of rotatable bonds is 4. The van der Waals surface area contributed by atoms with Gasteiger partial charge in [-0.1, -0.05) is 23.2 Å². The summed E-state index contributed by atoms with van der Waals surface area (Å²) in [6.07, 6.45) is -0.871. The lowest BCUT2D eigenvalue weighted by atomic mass is 10.2. The zero-order valence-corrected chi connectivity index (χ0v) is 12.4. The smallest absolute Gasteiger partial charge is 0.338 e. The summed E-state index contributed by atoms with van der Waals surface area (Å²) >= 11 is 11.6. The molecule has 0 aliphatic heterocycles. The molecule has 6 heteroatoms. The Morgan fingerprint density at radius 1 is 1.16 bits per heavy atom. The summed E-state index contributed by atoms with van der Waals surface area (Å²) in [5.41, 5.74) is 0.249. The monoisotopic (exact) mass is 303 g/mol. The summed E-state index contributed by atoms with van der Waals surface area (Å²) in [4.78, 5) is 23.4. The van der Waals surface area contributed by atoms with E-state index in [1.54, 1.807) is 0 Å². The van der Waals surface area contributed by atoms with Crippen molar-refractivity contribution in [3.05, 3.63) is 33.8 Å². The van der Waals surface area contributed by atoms with Gasteiger partial charge in [0.1, 0.15) is 0 Å². The molecule has 1 aromatic carbocycles. The van der Waals surface area contributed by atoms with Crippen LogP contribution in [0.15, 0.2) is 18.2 Å². The van der Waals surface area contributed by atoms with Gasteiger partial charge in [-0.3, -0.25) is 4.79 Å². The van der Waals surface area contributed by atoms with Crippen LogP contribution in [-0.4, -0.2) is 24.0 Å². The summed E-state index contributed by atoms with van der Waals surface area (Å²) in [5, 5.41) is 3.27. The van der Waals surface area contributed by atoms with Crippen molar-refractivity contribution in [2.45, 2.75) is 32.9 Å². The fourth-order valence-electron chi connectivity index (χ4n) is 1.31. The van der Waals surface area contributed by atoms with Crippen molar-refractivity contribution in [1.29, 1.82) is 0 Å². The van der Waals surface area contributed by atoms with Crippen molar-refractivity contribution in [2.75, 3.05) is 0 Å². The third-order valence-corrected chi connectivity index (χ3v) is 2.98. The van der Waals surface area contributed by atoms with Crippen LogP contribution >= 0.6 is 23.2 Å². The molecule has 0 heterocycles. The molecule has 0 aromatic heterocycles. The minimum atomic E-state index is -0.871. The predicted molar refractivity (Wildman–Crippen MR) is 74.6 cm³/mol. The van der Waals surface area contributed by atoms with Gasteiger partial charge in [0.2, 0.25) is 0 Å². The summed E-state index contributed by atoms with van der Waals surface area (Å²) in [5.74, 6) is -0.964. The molecule has 0 spiro atoms. The molecule has 4 nitrogen and oxygen atoms in total. The number of esters is 1. The molecular weight excluding hydrogens is 289 g/mol. The van der Waals surface area contributed by atoms with Crippen molar-refractivity contribution in [3.63, 3.8) is 0 Å². The Bertz CT molecular complexity index is 489. The van der Waals surface area contributed by atoms with Crippen LogP contribution in [0.1, 0.15) is 31.1 Å². The van der Waals surface area contributed by atoms with Gasteiger partial charge < -0.3 is 10.1 Å². The number of hydrogen-bond donors (Lipinski definition) is 1. The van der Waals surface area contributed by atoms with Gasteiger partial charge in [-0.05, 0) is 39.0 Å². The first kappa shape index (κ1) is 15.8. The van der Waals surface area contributed by atoms with Crippen LogP contribution in [0.5, 0.6) is 0 Å². The first-order chi connectivity index (χ1) is 8.81. The molecular formula is C13H15Cl2NO3. The van der Waals surface area contributed by atoms with Gasteiger partial charge in [-0.25, -0.2) is 4.79 Å². The van der Waals surface area contributed by atoms with Crippen LogP contribution in [0.2, 0.25) is 10.0 Å². The zero-order valence-electron chi connectivity index (χ0n) is 10.9. The summed E-state index contributed by atoms with van der Waals surface area (Å²) in [6, 6.07) is 4.38. The second-order valence-corrected chi connectivity index (χ2v) is 5.15. The topological polar surface area (TPSA) is 55.4 Å². The highest BCUT2D eigenvalue weighted by molar-refractivity contribution is 6.42. The molecule has 0 saturated carbocycles. The summed E-state index contributed by atoms with van der Waals surface area (Å²) in [6.45, 7) is 5.16. The minimum absolute atomic E-state index is 0.0152. The van der Waals surface area contributed by atoms with E-state index in [0.717, 1.165) is 0 Å². The van der Waals surface area contributed by atoms with Gasteiger partial charge in [0.05, 0.1) is 15.6 Å². The molecule has 1 rings (SSSR count). The number of nitrogens with one attached hydrogen (secondary N) is 1. The van der Waals surface area contributed by atoms with Crippen molar-refractivity contribution in [1.82, 2.24) is 5.32 Å². The van der Waals surface area contributed by atoms with E-state index in [1.807, 2.05) is 13.8 Å². The molecule has 0 aliphatic rings. The third-order valence-electron chi connectivity index (χ3n) is 2.24. The molecule has 0 unspecified atom stereocenters. The highest BCUT2D eigenvalue weighted by Gasteiger charge is 2.19. The zero-order chi connectivity index (χ0) is 14.6. The number of halogens is 2. The Morgan fingerprint density at radius 2 is 1.79 bits per heavy atom. The number of amides is 1. The van der Waals surface area contributed by atoms with Crippen molar-refractivity contribution >= 4 is 35.1 Å². The maximum Gasteiger partial charge on any atom is 0.338 e. The number of carbonyl (C=O) groups excluding carboxylic acids is 2. The molecule has 0 fully saturated rings. The van der Waals surface area contributed by atoms with Crippen LogP contribution in [0.3, 0.4) is 0 Å². The van der Waals surface area contributed by atoms with Crippen LogP contribution < -0.4 is 5.32 Å². The van der Waals surface area contributed by atoms with Crippen molar-refractivity contribution < 1.29 is 14.3 Å². The van der Waals surface area contributed by atoms with Gasteiger partial charge in [-0.2, -0.15) is 0 Å². The predicted octanol–water partition coefficient (Wildman–Crippen LogP) is 3.06. The average molecular weight is 304 g/mol. The summed E-state index contributed by atoms with van der Waals surface area (Å²) < 4.78 is 5.04. The second kappa shape index (κ2) is 6.78. The van der Waals surface area contributed by atoms with Crippen LogP contribution in [-0.2, 0) is 9.53 Å². The van der Waals surface area contributed by atoms with E-state index in [0.29, 0.717) is 5.02 Å². The van der Waals surface area contributed by atoms with Gasteiger partial charge in [0, 0.05) is 6.04 Å². The van der Waals surface area contributed by atoms with Gasteiger partial charge in [-0.15, -0.1) is 0 Å². The number of hydrogen-bond acceptors (Lipinski definition) is 3. The van der Waals surface area contributed by atoms with E-state index in [9.17, 15) is 9.59 Å². The van der Waals surface area contributed by atoms with E-state index in [4.69, 9.17) is 27.9 Å². The number of benzene rings is 1. The second-order valence-electron chi connectivity index (χ2n) is 4.34. The van der Waals surface area contributed by atoms with Gasteiger partial charge in [0.25, 0.3) is 5.91 Å². The third kappa shape index (κ3) is 4.73. The van der Waals surface area contributed by atoms with Gasteiger partial charge in [0.15, 0.2) is 6.10 Å². The Kier molecular flexibility index (Phi) is 5.63. The lowest BCUT2D eigenvalue weighted by molar-refractivity contribution is -0.129. The average Bonchev–Trinajstić information content (AvgIpc) is 2.31. The standard InChI is InChI=1S/C13H15Cl2NO3/c1-7(2)16-12(17)8(3)19-13(18)9-4-5-10(14)11(15)6-9/h4-8H,1-3H3,(H,16,17)/t8-/m0/s1. The maximum absolute atomic E-state index is 11.8. The highest BCUT2D eigenvalue weighted by Crippen LogP contribution is 2.23. The lowest BCUT2D eigenvalue weighted by Crippen LogP contribution is -2.39. The quantitative estimate of drug-likeness (QED) is 0.870. The van der Waals surface area contributed by atoms with E-state index in [1.165, 1.54) is 25.1 Å². The highest BCUT2D eigenvalue weighted by atomic mass is 35.5. The van der Waals surface area contributed by atoms with Crippen LogP contribution in [0.25, 0.3) is 0 Å². The van der Waals surface area contributed by atoms with Crippen molar-refractivity contribution in [3.8, 4) is 0 Å². The van der Waals surface area contributed by atoms with Gasteiger partial charge >= 0.3 is 5.97 Å². The molecule has 0 bridgehead atoms. The van der Waals surface area contributed by atoms with E-state index in [2.05, 4.69) is 5.32 Å². The Morgan fingerprint density at radius 3 is 2.32 bits per heavy atom. The molecule has 1 atom stereocenters. The Balaban J connectivity index is 2.68. The molecule has 0 radical (unpaired) electrons. The van der Waals surface area contributed by atoms with E-state index in [-0.39, 0.29) is 22.5 Å². The molecule has 1 aromatic rings. The minimum Gasteiger partial charge on any atom is -0.449 e. The van der Waals surface area contributed by atoms with Crippen molar-refractivity contribution in [2.24, 2.45) is 0 Å². The first-order valence-corrected chi connectivity index (χ1v) is 6.53. The molecule has 0 saturated heterocycles. The number of ether oxygens (including phenoxy) is 1.